The van der Waals surface area contributed by atoms with Crippen LogP contribution in [0.3, 0.4) is 0 Å². The number of hydrogen-bond acceptors (Lipinski definition) is 4. The molecule has 0 saturated carbocycles. The van der Waals surface area contributed by atoms with Crippen LogP contribution in [0.1, 0.15) is 30.7 Å². The number of rotatable bonds is 3. The zero-order chi connectivity index (χ0) is 17.1. The van der Waals surface area contributed by atoms with E-state index in [-0.39, 0.29) is 5.75 Å². The number of fused-ring (bicyclic) bond motifs is 1. The van der Waals surface area contributed by atoms with E-state index < -0.39 is 0 Å². The first-order valence-corrected chi connectivity index (χ1v) is 8.65. The van der Waals surface area contributed by atoms with Gasteiger partial charge < -0.3 is 9.67 Å². The standard InChI is InChI=1S/C20H20N4O/c25-18-11-5-15(6-12-18)14-21-17-9-7-16(8-10-17)20-23-22-19-4-2-1-3-13-24(19)20/h5-12,14,25H,1-4,13H2. The summed E-state index contributed by atoms with van der Waals surface area (Å²) in [5.74, 6) is 2.31. The summed E-state index contributed by atoms with van der Waals surface area (Å²) in [5, 5.41) is 18.1. The number of phenolic OH excluding ortho intramolecular Hbond substituents is 1. The van der Waals surface area contributed by atoms with Crippen molar-refractivity contribution in [2.45, 2.75) is 32.2 Å². The molecular weight excluding hydrogens is 312 g/mol. The molecule has 3 aromatic rings. The molecule has 0 amide bonds. The molecule has 0 atom stereocenters. The highest BCUT2D eigenvalue weighted by molar-refractivity contribution is 5.82. The van der Waals surface area contributed by atoms with Crippen molar-refractivity contribution in [1.82, 2.24) is 14.8 Å². The van der Waals surface area contributed by atoms with Gasteiger partial charge in [0.15, 0.2) is 5.82 Å². The highest BCUT2D eigenvalue weighted by Crippen LogP contribution is 2.24. The van der Waals surface area contributed by atoms with E-state index in [0.717, 1.165) is 41.4 Å². The summed E-state index contributed by atoms with van der Waals surface area (Å²) in [7, 11) is 0. The second-order valence-electron chi connectivity index (χ2n) is 6.30. The normalized spacial score (nSPS) is 14.4. The zero-order valence-electron chi connectivity index (χ0n) is 14.0. The fourth-order valence-electron chi connectivity index (χ4n) is 3.10. The lowest BCUT2D eigenvalue weighted by molar-refractivity contribution is 0.475. The van der Waals surface area contributed by atoms with Crippen molar-refractivity contribution in [2.75, 3.05) is 0 Å². The third kappa shape index (κ3) is 3.45. The predicted molar refractivity (Wildman–Crippen MR) is 98.4 cm³/mol. The fraction of sp³-hybridized carbons (Fsp3) is 0.250. The summed E-state index contributed by atoms with van der Waals surface area (Å²) in [4.78, 5) is 4.48. The van der Waals surface area contributed by atoms with Crippen molar-refractivity contribution >= 4 is 11.9 Å². The van der Waals surface area contributed by atoms with E-state index in [1.54, 1.807) is 18.3 Å². The lowest BCUT2D eigenvalue weighted by Crippen LogP contribution is -2.02. The van der Waals surface area contributed by atoms with Gasteiger partial charge in [0.25, 0.3) is 0 Å². The molecule has 1 N–H and O–H groups in total. The minimum absolute atomic E-state index is 0.258. The third-order valence-electron chi connectivity index (χ3n) is 4.49. The van der Waals surface area contributed by atoms with E-state index in [1.807, 2.05) is 36.4 Å². The average molecular weight is 332 g/mol. The smallest absolute Gasteiger partial charge is 0.163 e. The van der Waals surface area contributed by atoms with Gasteiger partial charge in [0.2, 0.25) is 0 Å². The molecule has 1 aromatic heterocycles. The SMILES string of the molecule is Oc1ccc(C=Nc2ccc(-c3nnc4n3CCCCC4)cc2)cc1. The van der Waals surface area contributed by atoms with Gasteiger partial charge in [-0.25, -0.2) is 0 Å². The van der Waals surface area contributed by atoms with Crippen molar-refractivity contribution in [2.24, 2.45) is 4.99 Å². The topological polar surface area (TPSA) is 63.3 Å². The number of aliphatic imine (C=N–C) groups is 1. The molecule has 2 aromatic carbocycles. The van der Waals surface area contributed by atoms with Crippen LogP contribution in [0.15, 0.2) is 53.5 Å². The maximum atomic E-state index is 9.31. The Morgan fingerprint density at radius 3 is 2.52 bits per heavy atom. The van der Waals surface area contributed by atoms with E-state index in [1.165, 1.54) is 19.3 Å². The Labute approximate surface area is 146 Å². The summed E-state index contributed by atoms with van der Waals surface area (Å²) in [6.45, 7) is 0.998. The molecular formula is C20H20N4O. The van der Waals surface area contributed by atoms with Gasteiger partial charge in [0.1, 0.15) is 11.6 Å². The van der Waals surface area contributed by atoms with Crippen molar-refractivity contribution in [3.63, 3.8) is 0 Å². The summed E-state index contributed by atoms with van der Waals surface area (Å²) >= 11 is 0. The van der Waals surface area contributed by atoms with Gasteiger partial charge in [-0.15, -0.1) is 10.2 Å². The number of benzene rings is 2. The first-order chi connectivity index (χ1) is 12.3. The first-order valence-electron chi connectivity index (χ1n) is 8.65. The first kappa shape index (κ1) is 15.6. The third-order valence-corrected chi connectivity index (χ3v) is 4.49. The molecule has 0 radical (unpaired) electrons. The molecule has 2 heterocycles. The monoisotopic (exact) mass is 332 g/mol. The Balaban J connectivity index is 1.54. The molecule has 0 spiro atoms. The molecule has 0 fully saturated rings. The molecule has 0 saturated heterocycles. The van der Waals surface area contributed by atoms with Crippen LogP contribution >= 0.6 is 0 Å². The minimum Gasteiger partial charge on any atom is -0.508 e. The van der Waals surface area contributed by atoms with E-state index >= 15 is 0 Å². The molecule has 4 rings (SSSR count). The molecule has 0 bridgehead atoms. The van der Waals surface area contributed by atoms with Gasteiger partial charge in [-0.3, -0.25) is 4.99 Å². The highest BCUT2D eigenvalue weighted by atomic mass is 16.3. The maximum absolute atomic E-state index is 9.31. The Morgan fingerprint density at radius 1 is 0.920 bits per heavy atom. The van der Waals surface area contributed by atoms with Crippen molar-refractivity contribution < 1.29 is 5.11 Å². The number of nitrogens with zero attached hydrogens (tertiary/aromatic N) is 4. The van der Waals surface area contributed by atoms with E-state index in [4.69, 9.17) is 0 Å². The molecule has 0 unspecified atom stereocenters. The number of aromatic nitrogens is 3. The molecule has 1 aliphatic rings. The Hall–Kier alpha value is -2.95. The Morgan fingerprint density at radius 2 is 1.72 bits per heavy atom. The quantitative estimate of drug-likeness (QED) is 0.734. The van der Waals surface area contributed by atoms with Crippen LogP contribution in [0, 0.1) is 0 Å². The average Bonchev–Trinajstić information content (AvgIpc) is 2.90. The van der Waals surface area contributed by atoms with Crippen LogP contribution in [0.25, 0.3) is 11.4 Å². The van der Waals surface area contributed by atoms with Crippen molar-refractivity contribution in [3.05, 3.63) is 59.9 Å². The van der Waals surface area contributed by atoms with Gasteiger partial charge in [0, 0.05) is 24.7 Å². The lowest BCUT2D eigenvalue weighted by atomic mass is 10.2. The fourth-order valence-corrected chi connectivity index (χ4v) is 3.10. The largest absolute Gasteiger partial charge is 0.508 e. The van der Waals surface area contributed by atoms with Crippen LogP contribution in [-0.4, -0.2) is 26.1 Å². The highest BCUT2D eigenvalue weighted by Gasteiger charge is 2.15. The second-order valence-corrected chi connectivity index (χ2v) is 6.30. The van der Waals surface area contributed by atoms with Crippen LogP contribution in [0.5, 0.6) is 5.75 Å². The van der Waals surface area contributed by atoms with Gasteiger partial charge in [-0.05, 0) is 66.9 Å². The maximum Gasteiger partial charge on any atom is 0.163 e. The van der Waals surface area contributed by atoms with Crippen LogP contribution in [-0.2, 0) is 13.0 Å². The van der Waals surface area contributed by atoms with E-state index in [0.29, 0.717) is 0 Å². The zero-order valence-corrected chi connectivity index (χ0v) is 14.0. The Bertz CT molecular complexity index is 879. The second kappa shape index (κ2) is 6.89. The van der Waals surface area contributed by atoms with Gasteiger partial charge in [0.05, 0.1) is 5.69 Å². The van der Waals surface area contributed by atoms with E-state index in [9.17, 15) is 5.11 Å². The molecule has 0 aliphatic carbocycles. The molecule has 1 aliphatic heterocycles. The van der Waals surface area contributed by atoms with Crippen LogP contribution in [0.2, 0.25) is 0 Å². The molecule has 5 heteroatoms. The van der Waals surface area contributed by atoms with Gasteiger partial charge >= 0.3 is 0 Å². The van der Waals surface area contributed by atoms with Crippen LogP contribution < -0.4 is 0 Å². The molecule has 25 heavy (non-hydrogen) atoms. The van der Waals surface area contributed by atoms with Gasteiger partial charge in [-0.2, -0.15) is 0 Å². The number of hydrogen-bond donors (Lipinski definition) is 1. The predicted octanol–water partition coefficient (Wildman–Crippen LogP) is 4.13. The summed E-state index contributed by atoms with van der Waals surface area (Å²) in [5.41, 5.74) is 2.90. The van der Waals surface area contributed by atoms with E-state index in [2.05, 4.69) is 19.8 Å². The van der Waals surface area contributed by atoms with Crippen molar-refractivity contribution in [3.8, 4) is 17.1 Å². The van der Waals surface area contributed by atoms with Crippen molar-refractivity contribution in [1.29, 1.82) is 0 Å². The van der Waals surface area contributed by atoms with Crippen LogP contribution in [0.4, 0.5) is 5.69 Å². The molecule has 126 valence electrons. The lowest BCUT2D eigenvalue weighted by Gasteiger charge is -2.07. The minimum atomic E-state index is 0.258. The number of aryl methyl sites for hydroxylation is 1. The summed E-state index contributed by atoms with van der Waals surface area (Å²) in [6, 6.07) is 15.0. The Kier molecular flexibility index (Phi) is 4.29. The summed E-state index contributed by atoms with van der Waals surface area (Å²) in [6.07, 6.45) is 6.45. The summed E-state index contributed by atoms with van der Waals surface area (Å²) < 4.78 is 2.25. The van der Waals surface area contributed by atoms with Gasteiger partial charge in [-0.1, -0.05) is 6.42 Å². The number of aromatic hydroxyl groups is 1. The molecule has 5 nitrogen and oxygen atoms in total. The number of phenols is 1.